The highest BCUT2D eigenvalue weighted by molar-refractivity contribution is 7.97. The summed E-state index contributed by atoms with van der Waals surface area (Å²) in [7, 11) is 0. The second-order valence-electron chi connectivity index (χ2n) is 6.33. The molecule has 4 aliphatic heterocycles. The van der Waals surface area contributed by atoms with Crippen LogP contribution in [-0.2, 0) is 4.84 Å². The molecule has 23 heavy (non-hydrogen) atoms. The number of fused-ring (bicyclic) bond motifs is 3. The fourth-order valence-electron chi connectivity index (χ4n) is 3.51. The number of piperidine rings is 3. The second kappa shape index (κ2) is 6.55. The Balaban J connectivity index is 1.35. The van der Waals surface area contributed by atoms with Crippen molar-refractivity contribution >= 4 is 17.9 Å². The Labute approximate surface area is 140 Å². The summed E-state index contributed by atoms with van der Waals surface area (Å²) in [5.41, 5.74) is 0.728. The minimum absolute atomic E-state index is 0.0411. The molecule has 0 unspecified atom stereocenters. The normalized spacial score (nSPS) is 29.5. The van der Waals surface area contributed by atoms with E-state index < -0.39 is 0 Å². The quantitative estimate of drug-likeness (QED) is 0.858. The second-order valence-corrected chi connectivity index (χ2v) is 7.39. The third-order valence-corrected chi connectivity index (χ3v) is 5.75. The Morgan fingerprint density at radius 2 is 2.00 bits per heavy atom. The molecule has 3 fully saturated rings. The number of hydrogen-bond donors (Lipinski definition) is 1. The number of nitrogens with zero attached hydrogens (tertiary/aromatic N) is 2. The molecule has 2 bridgehead atoms. The van der Waals surface area contributed by atoms with Crippen LogP contribution >= 0.6 is 11.9 Å². The van der Waals surface area contributed by atoms with E-state index in [0.717, 1.165) is 23.5 Å². The van der Waals surface area contributed by atoms with Gasteiger partial charge in [0.05, 0.1) is 6.54 Å². The number of hydrogen-bond acceptors (Lipinski definition) is 5. The molecular weight excluding hydrogens is 310 g/mol. The lowest BCUT2D eigenvalue weighted by Gasteiger charge is -2.44. The van der Waals surface area contributed by atoms with Gasteiger partial charge < -0.3 is 15.1 Å². The van der Waals surface area contributed by atoms with Gasteiger partial charge in [0.2, 0.25) is 0 Å². The van der Waals surface area contributed by atoms with Gasteiger partial charge in [-0.05, 0) is 74.1 Å². The minimum Gasteiger partial charge on any atom is -0.403 e. The number of hydroxylamine groups is 1. The molecule has 0 aromatic heterocycles. The highest BCUT2D eigenvalue weighted by Gasteiger charge is 2.34. The Hall–Kier alpha value is -1.50. The molecule has 1 aromatic carbocycles. The van der Waals surface area contributed by atoms with E-state index in [2.05, 4.69) is 10.2 Å². The first kappa shape index (κ1) is 15.1. The van der Waals surface area contributed by atoms with Gasteiger partial charge in [0, 0.05) is 23.0 Å². The van der Waals surface area contributed by atoms with E-state index in [4.69, 9.17) is 4.84 Å². The number of amides is 1. The smallest absolute Gasteiger partial charge is 0.251 e. The van der Waals surface area contributed by atoms with Gasteiger partial charge in [-0.1, -0.05) is 4.47 Å². The van der Waals surface area contributed by atoms with Crippen molar-refractivity contribution in [2.24, 2.45) is 5.92 Å². The largest absolute Gasteiger partial charge is 0.403 e. The summed E-state index contributed by atoms with van der Waals surface area (Å²) in [5, 5.41) is 3.23. The molecule has 3 saturated heterocycles. The van der Waals surface area contributed by atoms with Crippen LogP contribution in [0.4, 0.5) is 0 Å². The summed E-state index contributed by atoms with van der Waals surface area (Å²) in [6.45, 7) is 4.16. The van der Waals surface area contributed by atoms with E-state index in [9.17, 15) is 4.79 Å². The molecule has 1 amide bonds. The zero-order valence-electron chi connectivity index (χ0n) is 13.0. The van der Waals surface area contributed by atoms with Gasteiger partial charge in [0.15, 0.2) is 0 Å². The molecule has 1 N–H and O–H groups in total. The summed E-state index contributed by atoms with van der Waals surface area (Å²) >= 11 is 1.53. The molecule has 6 heteroatoms. The maximum absolute atomic E-state index is 12.5. The zero-order valence-corrected chi connectivity index (χ0v) is 13.8. The van der Waals surface area contributed by atoms with Crippen molar-refractivity contribution in [2.45, 2.75) is 23.8 Å². The van der Waals surface area contributed by atoms with Crippen LogP contribution in [-0.4, -0.2) is 47.5 Å². The highest BCUT2D eigenvalue weighted by Crippen LogP contribution is 2.28. The molecule has 0 radical (unpaired) electrons. The van der Waals surface area contributed by atoms with E-state index >= 15 is 0 Å². The Bertz CT molecular complexity index is 588. The molecule has 0 aliphatic carbocycles. The lowest BCUT2D eigenvalue weighted by molar-refractivity contribution is 0.0290. The Morgan fingerprint density at radius 3 is 2.61 bits per heavy atom. The van der Waals surface area contributed by atoms with Gasteiger partial charge in [0.1, 0.15) is 6.26 Å². The van der Waals surface area contributed by atoms with Crippen LogP contribution in [0.5, 0.6) is 0 Å². The lowest BCUT2D eigenvalue weighted by Crippen LogP contribution is -2.57. The minimum atomic E-state index is 0.0411. The Morgan fingerprint density at radius 1 is 1.22 bits per heavy atom. The lowest BCUT2D eigenvalue weighted by atomic mass is 9.84. The third-order valence-electron chi connectivity index (χ3n) is 4.83. The van der Waals surface area contributed by atoms with E-state index in [1.165, 1.54) is 37.9 Å². The van der Waals surface area contributed by atoms with Crippen molar-refractivity contribution in [1.29, 1.82) is 0 Å². The van der Waals surface area contributed by atoms with Crippen LogP contribution in [0.25, 0.3) is 0 Å². The molecule has 1 atom stereocenters. The fourth-order valence-corrected chi connectivity index (χ4v) is 4.25. The summed E-state index contributed by atoms with van der Waals surface area (Å²) in [6.07, 6.45) is 6.07. The zero-order chi connectivity index (χ0) is 15.6. The predicted molar refractivity (Wildman–Crippen MR) is 89.6 cm³/mol. The van der Waals surface area contributed by atoms with Crippen LogP contribution in [0.15, 0.2) is 41.5 Å². The Kier molecular flexibility index (Phi) is 4.29. The molecule has 1 aromatic rings. The molecule has 4 heterocycles. The highest BCUT2D eigenvalue weighted by atomic mass is 32.2. The first-order chi connectivity index (χ1) is 11.3. The van der Waals surface area contributed by atoms with Crippen molar-refractivity contribution in [2.75, 3.05) is 26.2 Å². The van der Waals surface area contributed by atoms with Gasteiger partial charge in [0.25, 0.3) is 5.91 Å². The van der Waals surface area contributed by atoms with E-state index in [1.54, 1.807) is 10.7 Å². The van der Waals surface area contributed by atoms with Crippen molar-refractivity contribution in [1.82, 2.24) is 14.7 Å². The summed E-state index contributed by atoms with van der Waals surface area (Å²) in [5.74, 6) is 0.693. The maximum atomic E-state index is 12.5. The molecule has 4 aliphatic rings. The standard InChI is InChI=1S/C17H21N3O2S/c21-17(18-16-12-19-9-6-13(16)7-10-19)14-2-4-15(5-3-14)23-20-8-1-11-22-20/h1-5,11,13,16H,6-10,12H2,(H,18,21)/t16-/m0/s1. The van der Waals surface area contributed by atoms with E-state index in [1.807, 2.05) is 30.3 Å². The van der Waals surface area contributed by atoms with Crippen LogP contribution in [0.1, 0.15) is 23.2 Å². The molecule has 5 rings (SSSR count). The SMILES string of the molecule is O=C(N[C@H]1CN2CCC1CC2)c1ccc(SN2CC=CO2)cc1. The molecule has 122 valence electrons. The molecule has 0 spiro atoms. The predicted octanol–water partition coefficient (Wildman–Crippen LogP) is 2.28. The van der Waals surface area contributed by atoms with Crippen molar-refractivity contribution < 1.29 is 9.63 Å². The van der Waals surface area contributed by atoms with Crippen molar-refractivity contribution in [3.63, 3.8) is 0 Å². The number of benzene rings is 1. The first-order valence-electron chi connectivity index (χ1n) is 8.18. The van der Waals surface area contributed by atoms with Crippen LogP contribution in [0.2, 0.25) is 0 Å². The van der Waals surface area contributed by atoms with Gasteiger partial charge >= 0.3 is 0 Å². The monoisotopic (exact) mass is 331 g/mol. The maximum Gasteiger partial charge on any atom is 0.251 e. The number of carbonyl (C=O) groups is 1. The van der Waals surface area contributed by atoms with Crippen molar-refractivity contribution in [3.05, 3.63) is 42.2 Å². The number of carbonyl (C=O) groups excluding carboxylic acids is 1. The molecule has 5 nitrogen and oxygen atoms in total. The summed E-state index contributed by atoms with van der Waals surface area (Å²) in [4.78, 5) is 21.3. The number of rotatable bonds is 4. The molecular formula is C17H21N3O2S. The number of nitrogens with one attached hydrogen (secondary N) is 1. The van der Waals surface area contributed by atoms with Crippen LogP contribution in [0.3, 0.4) is 0 Å². The van der Waals surface area contributed by atoms with E-state index in [0.29, 0.717) is 12.0 Å². The fraction of sp³-hybridized carbons (Fsp3) is 0.471. The average molecular weight is 331 g/mol. The van der Waals surface area contributed by atoms with E-state index in [-0.39, 0.29) is 5.91 Å². The first-order valence-corrected chi connectivity index (χ1v) is 8.96. The topological polar surface area (TPSA) is 44.8 Å². The summed E-state index contributed by atoms with van der Waals surface area (Å²) < 4.78 is 1.79. The molecule has 0 saturated carbocycles. The van der Waals surface area contributed by atoms with Gasteiger partial charge in [-0.2, -0.15) is 0 Å². The van der Waals surface area contributed by atoms with Crippen LogP contribution in [0, 0.1) is 5.92 Å². The summed E-state index contributed by atoms with van der Waals surface area (Å²) in [6, 6.07) is 8.03. The van der Waals surface area contributed by atoms with Gasteiger partial charge in [-0.25, -0.2) is 0 Å². The average Bonchev–Trinajstić information content (AvgIpc) is 3.09. The van der Waals surface area contributed by atoms with Gasteiger partial charge in [-0.15, -0.1) is 0 Å². The third kappa shape index (κ3) is 3.39. The van der Waals surface area contributed by atoms with Gasteiger partial charge in [-0.3, -0.25) is 4.79 Å². The van der Waals surface area contributed by atoms with Crippen LogP contribution < -0.4 is 5.32 Å². The van der Waals surface area contributed by atoms with Crippen molar-refractivity contribution in [3.8, 4) is 0 Å².